The van der Waals surface area contributed by atoms with Crippen LogP contribution in [-0.4, -0.2) is 35.8 Å². The maximum absolute atomic E-state index is 12.7. The molecule has 2 aromatic carbocycles. The molecule has 0 spiro atoms. The van der Waals surface area contributed by atoms with Crippen LogP contribution in [0.25, 0.3) is 6.08 Å². The fourth-order valence-electron chi connectivity index (χ4n) is 2.86. The highest BCUT2D eigenvalue weighted by molar-refractivity contribution is 8.18. The number of hydrogen-bond acceptors (Lipinski definition) is 5. The van der Waals surface area contributed by atoms with Gasteiger partial charge in [-0.05, 0) is 74.0 Å². The smallest absolute Gasteiger partial charge is 0.293 e. The molecule has 0 saturated carbocycles. The Morgan fingerprint density at radius 3 is 2.62 bits per heavy atom. The summed E-state index contributed by atoms with van der Waals surface area (Å²) in [5.74, 6) is 1.03. The SMILES string of the molecule is CCOc1ccc(Cl)cc1/C=C1\SC(=O)N(CCOc2cc(C)ccc2C)C1=O. The van der Waals surface area contributed by atoms with Crippen LogP contribution in [0.3, 0.4) is 0 Å². The number of aryl methyl sites for hydroxylation is 2. The molecule has 2 aromatic rings. The molecule has 2 amide bonds. The topological polar surface area (TPSA) is 55.8 Å². The van der Waals surface area contributed by atoms with Crippen molar-refractivity contribution in [2.24, 2.45) is 0 Å². The first kappa shape index (κ1) is 21.3. The number of amides is 2. The molecule has 0 aliphatic carbocycles. The van der Waals surface area contributed by atoms with Crippen molar-refractivity contribution in [1.82, 2.24) is 4.90 Å². The van der Waals surface area contributed by atoms with Crippen molar-refractivity contribution in [3.63, 3.8) is 0 Å². The molecule has 5 nitrogen and oxygen atoms in total. The molecular formula is C22H22ClNO4S. The van der Waals surface area contributed by atoms with E-state index in [2.05, 4.69) is 0 Å². The van der Waals surface area contributed by atoms with E-state index in [1.807, 2.05) is 39.0 Å². The van der Waals surface area contributed by atoms with Crippen LogP contribution in [0.1, 0.15) is 23.6 Å². The molecule has 1 saturated heterocycles. The fraction of sp³-hybridized carbons (Fsp3) is 0.273. The molecule has 29 heavy (non-hydrogen) atoms. The Balaban J connectivity index is 1.70. The summed E-state index contributed by atoms with van der Waals surface area (Å²) >= 11 is 6.98. The molecule has 0 N–H and O–H groups in total. The van der Waals surface area contributed by atoms with Crippen LogP contribution < -0.4 is 9.47 Å². The van der Waals surface area contributed by atoms with Gasteiger partial charge in [-0.15, -0.1) is 0 Å². The van der Waals surface area contributed by atoms with Crippen molar-refractivity contribution in [2.45, 2.75) is 20.8 Å². The van der Waals surface area contributed by atoms with Crippen LogP contribution in [0, 0.1) is 13.8 Å². The zero-order valence-electron chi connectivity index (χ0n) is 16.5. The van der Waals surface area contributed by atoms with Crippen molar-refractivity contribution in [2.75, 3.05) is 19.8 Å². The Hall–Kier alpha value is -2.44. The van der Waals surface area contributed by atoms with Crippen LogP contribution in [0.5, 0.6) is 11.5 Å². The van der Waals surface area contributed by atoms with Crippen molar-refractivity contribution < 1.29 is 19.1 Å². The second kappa shape index (κ2) is 9.37. The second-order valence-corrected chi connectivity index (χ2v) is 8.00. The summed E-state index contributed by atoms with van der Waals surface area (Å²) in [6.07, 6.45) is 1.65. The Kier molecular flexibility index (Phi) is 6.87. The number of ether oxygens (including phenoxy) is 2. The van der Waals surface area contributed by atoms with Gasteiger partial charge in [-0.25, -0.2) is 0 Å². The highest BCUT2D eigenvalue weighted by Gasteiger charge is 2.35. The van der Waals surface area contributed by atoms with Crippen molar-refractivity contribution in [3.05, 3.63) is 63.0 Å². The highest BCUT2D eigenvalue weighted by Crippen LogP contribution is 2.34. The van der Waals surface area contributed by atoms with Gasteiger partial charge in [-0.3, -0.25) is 14.5 Å². The van der Waals surface area contributed by atoms with E-state index in [1.54, 1.807) is 24.3 Å². The summed E-state index contributed by atoms with van der Waals surface area (Å²) in [5.41, 5.74) is 2.76. The molecule has 0 radical (unpaired) electrons. The number of halogens is 1. The molecule has 3 rings (SSSR count). The summed E-state index contributed by atoms with van der Waals surface area (Å²) in [6, 6.07) is 11.1. The Labute approximate surface area is 179 Å². The molecule has 0 bridgehead atoms. The van der Waals surface area contributed by atoms with Gasteiger partial charge in [0.05, 0.1) is 18.1 Å². The minimum atomic E-state index is -0.341. The lowest BCUT2D eigenvalue weighted by Crippen LogP contribution is -2.32. The summed E-state index contributed by atoms with van der Waals surface area (Å²) in [4.78, 5) is 26.6. The van der Waals surface area contributed by atoms with Crippen LogP contribution in [-0.2, 0) is 4.79 Å². The van der Waals surface area contributed by atoms with E-state index in [9.17, 15) is 9.59 Å². The summed E-state index contributed by atoms with van der Waals surface area (Å²) in [5, 5.41) is 0.214. The molecular weight excluding hydrogens is 410 g/mol. The van der Waals surface area contributed by atoms with Crippen LogP contribution in [0.2, 0.25) is 5.02 Å². The van der Waals surface area contributed by atoms with Gasteiger partial charge >= 0.3 is 0 Å². The normalized spacial score (nSPS) is 15.3. The molecule has 7 heteroatoms. The molecule has 1 heterocycles. The van der Waals surface area contributed by atoms with E-state index in [0.717, 1.165) is 28.6 Å². The van der Waals surface area contributed by atoms with E-state index < -0.39 is 0 Å². The van der Waals surface area contributed by atoms with Crippen molar-refractivity contribution in [3.8, 4) is 11.5 Å². The second-order valence-electron chi connectivity index (χ2n) is 6.57. The van der Waals surface area contributed by atoms with Gasteiger partial charge in [0.25, 0.3) is 11.1 Å². The number of thioether (sulfide) groups is 1. The fourth-order valence-corrected chi connectivity index (χ4v) is 3.90. The first-order valence-electron chi connectivity index (χ1n) is 9.27. The minimum Gasteiger partial charge on any atom is -0.493 e. The first-order chi connectivity index (χ1) is 13.9. The Morgan fingerprint density at radius 2 is 1.86 bits per heavy atom. The van der Waals surface area contributed by atoms with E-state index in [4.69, 9.17) is 21.1 Å². The Morgan fingerprint density at radius 1 is 1.07 bits per heavy atom. The average molecular weight is 432 g/mol. The van der Waals surface area contributed by atoms with Crippen molar-refractivity contribution in [1.29, 1.82) is 0 Å². The maximum atomic E-state index is 12.7. The highest BCUT2D eigenvalue weighted by atomic mass is 35.5. The van der Waals surface area contributed by atoms with Gasteiger partial charge in [-0.1, -0.05) is 23.7 Å². The molecule has 0 atom stereocenters. The average Bonchev–Trinajstić information content (AvgIpc) is 2.94. The van der Waals surface area contributed by atoms with E-state index in [0.29, 0.717) is 27.8 Å². The molecule has 1 fully saturated rings. The lowest BCUT2D eigenvalue weighted by atomic mass is 10.1. The van der Waals surface area contributed by atoms with E-state index in [-0.39, 0.29) is 24.3 Å². The van der Waals surface area contributed by atoms with Gasteiger partial charge in [-0.2, -0.15) is 0 Å². The number of benzene rings is 2. The first-order valence-corrected chi connectivity index (χ1v) is 10.5. The maximum Gasteiger partial charge on any atom is 0.293 e. The zero-order valence-corrected chi connectivity index (χ0v) is 18.1. The minimum absolute atomic E-state index is 0.184. The van der Waals surface area contributed by atoms with E-state index in [1.165, 1.54) is 4.90 Å². The number of imide groups is 1. The number of hydrogen-bond donors (Lipinski definition) is 0. The summed E-state index contributed by atoms with van der Waals surface area (Å²) < 4.78 is 11.4. The van der Waals surface area contributed by atoms with Crippen molar-refractivity contribution >= 4 is 40.6 Å². The molecule has 152 valence electrons. The number of rotatable bonds is 7. The molecule has 0 unspecified atom stereocenters. The van der Waals surface area contributed by atoms with Gasteiger partial charge in [0, 0.05) is 10.6 Å². The van der Waals surface area contributed by atoms with E-state index >= 15 is 0 Å². The monoisotopic (exact) mass is 431 g/mol. The summed E-state index contributed by atoms with van der Waals surface area (Å²) in [7, 11) is 0. The summed E-state index contributed by atoms with van der Waals surface area (Å²) in [6.45, 7) is 6.72. The molecule has 1 aliphatic rings. The largest absolute Gasteiger partial charge is 0.493 e. The third-order valence-corrected chi connectivity index (χ3v) is 5.49. The Bertz CT molecular complexity index is 973. The number of carbonyl (C=O) groups excluding carboxylic acids is 2. The predicted molar refractivity (Wildman–Crippen MR) is 117 cm³/mol. The third-order valence-electron chi connectivity index (χ3n) is 4.35. The predicted octanol–water partition coefficient (Wildman–Crippen LogP) is 5.47. The lowest BCUT2D eigenvalue weighted by Gasteiger charge is -2.14. The third kappa shape index (κ3) is 5.14. The van der Waals surface area contributed by atoms with Crippen LogP contribution >= 0.6 is 23.4 Å². The van der Waals surface area contributed by atoms with Crippen LogP contribution in [0.4, 0.5) is 4.79 Å². The lowest BCUT2D eigenvalue weighted by molar-refractivity contribution is -0.123. The van der Waals surface area contributed by atoms with Crippen LogP contribution in [0.15, 0.2) is 41.3 Å². The standard InChI is InChI=1S/C22H22ClNO4S/c1-4-27-18-8-7-17(23)12-16(18)13-20-21(25)24(22(26)29-20)9-10-28-19-11-14(2)5-6-15(19)3/h5-8,11-13H,4,9-10H2,1-3H3/b20-13-. The van der Waals surface area contributed by atoms with Gasteiger partial charge in [0.2, 0.25) is 0 Å². The number of nitrogens with zero attached hydrogens (tertiary/aromatic N) is 1. The molecule has 0 aromatic heterocycles. The molecule has 1 aliphatic heterocycles. The quantitative estimate of drug-likeness (QED) is 0.544. The van der Waals surface area contributed by atoms with Gasteiger partial charge in [0.1, 0.15) is 18.1 Å². The zero-order chi connectivity index (χ0) is 21.0. The van der Waals surface area contributed by atoms with Gasteiger partial charge < -0.3 is 9.47 Å². The van der Waals surface area contributed by atoms with Gasteiger partial charge in [0.15, 0.2) is 0 Å². The number of carbonyl (C=O) groups is 2.